The lowest BCUT2D eigenvalue weighted by Gasteiger charge is -2.06. The van der Waals surface area contributed by atoms with Gasteiger partial charge in [0.15, 0.2) is 0 Å². The Bertz CT molecular complexity index is 552. The first kappa shape index (κ1) is 9.54. The molecule has 74 valence electrons. The number of nitriles is 1. The number of hydrogen-bond acceptors (Lipinski definition) is 2. The maximum atomic E-state index is 8.44. The molecule has 0 saturated heterocycles. The van der Waals surface area contributed by atoms with E-state index in [1.807, 2.05) is 18.2 Å². The summed E-state index contributed by atoms with van der Waals surface area (Å²) in [4.78, 5) is 0. The van der Waals surface area contributed by atoms with Gasteiger partial charge >= 0.3 is 0 Å². The Hall–Kier alpha value is -2.01. The molecule has 0 aliphatic carbocycles. The predicted molar refractivity (Wildman–Crippen MR) is 59.7 cm³/mol. The average Bonchev–Trinajstić information content (AvgIpc) is 2.24. The molecule has 0 atom stereocenters. The van der Waals surface area contributed by atoms with E-state index in [0.717, 1.165) is 5.39 Å². The van der Waals surface area contributed by atoms with Crippen LogP contribution in [0.4, 0.5) is 0 Å². The molecule has 0 heterocycles. The summed E-state index contributed by atoms with van der Waals surface area (Å²) < 4.78 is 4.81. The Morgan fingerprint density at radius 1 is 1.00 bits per heavy atom. The zero-order valence-corrected chi connectivity index (χ0v) is 8.74. The van der Waals surface area contributed by atoms with Crippen molar-refractivity contribution >= 4 is 10.8 Å². The zero-order chi connectivity index (χ0) is 10.8. The molecule has 0 aliphatic heterocycles. The van der Waals surface area contributed by atoms with Crippen LogP contribution in [0.5, 0.6) is 5.75 Å². The van der Waals surface area contributed by atoms with Crippen LogP contribution in [0, 0.1) is 25.4 Å². The lowest BCUT2D eigenvalue weighted by molar-refractivity contribution is 0.508. The first-order valence-corrected chi connectivity index (χ1v) is 4.78. The molecule has 2 aromatic carbocycles. The second kappa shape index (κ2) is 3.62. The maximum Gasteiger partial charge on any atom is 0.292 e. The minimum absolute atomic E-state index is 0.596. The Kier molecular flexibility index (Phi) is 2.31. The molecule has 0 amide bonds. The normalized spacial score (nSPS) is 9.93. The SMILES string of the molecule is Cc1ccc(C)c2cc(OC#N)ccc12. The fraction of sp³-hybridized carbons (Fsp3) is 0.154. The molecule has 0 saturated carbocycles. The molecular formula is C13H11NO. The lowest BCUT2D eigenvalue weighted by Crippen LogP contribution is -1.86. The van der Waals surface area contributed by atoms with E-state index < -0.39 is 0 Å². The van der Waals surface area contributed by atoms with Gasteiger partial charge in [-0.25, -0.2) is 0 Å². The van der Waals surface area contributed by atoms with Crippen molar-refractivity contribution in [1.29, 1.82) is 5.26 Å². The molecule has 0 N–H and O–H groups in total. The van der Waals surface area contributed by atoms with E-state index in [2.05, 4.69) is 26.0 Å². The summed E-state index contributed by atoms with van der Waals surface area (Å²) in [5, 5.41) is 10.8. The number of nitrogens with zero attached hydrogens (tertiary/aromatic N) is 1. The summed E-state index contributed by atoms with van der Waals surface area (Å²) >= 11 is 0. The van der Waals surface area contributed by atoms with Crippen molar-refractivity contribution in [3.05, 3.63) is 41.5 Å². The van der Waals surface area contributed by atoms with Crippen LogP contribution >= 0.6 is 0 Å². The van der Waals surface area contributed by atoms with Crippen LogP contribution in [0.2, 0.25) is 0 Å². The first-order valence-electron chi connectivity index (χ1n) is 4.78. The maximum absolute atomic E-state index is 8.44. The lowest BCUT2D eigenvalue weighted by atomic mass is 10.0. The molecule has 0 spiro atoms. The number of benzene rings is 2. The minimum Gasteiger partial charge on any atom is -0.388 e. The molecule has 15 heavy (non-hydrogen) atoms. The van der Waals surface area contributed by atoms with Crippen molar-refractivity contribution in [1.82, 2.24) is 0 Å². The molecule has 0 radical (unpaired) electrons. The molecule has 0 aliphatic rings. The van der Waals surface area contributed by atoms with Gasteiger partial charge in [-0.15, -0.1) is 5.26 Å². The summed E-state index contributed by atoms with van der Waals surface area (Å²) in [7, 11) is 0. The highest BCUT2D eigenvalue weighted by molar-refractivity contribution is 5.89. The number of ether oxygens (including phenoxy) is 1. The van der Waals surface area contributed by atoms with E-state index in [0.29, 0.717) is 5.75 Å². The van der Waals surface area contributed by atoms with Crippen molar-refractivity contribution in [3.8, 4) is 12.0 Å². The van der Waals surface area contributed by atoms with Crippen LogP contribution in [0.15, 0.2) is 30.3 Å². The molecular weight excluding hydrogens is 186 g/mol. The summed E-state index contributed by atoms with van der Waals surface area (Å²) in [6.07, 6.45) is 1.68. The fourth-order valence-corrected chi connectivity index (χ4v) is 1.74. The molecule has 0 aromatic heterocycles. The van der Waals surface area contributed by atoms with Crippen LogP contribution < -0.4 is 4.74 Å². The summed E-state index contributed by atoms with van der Waals surface area (Å²) in [5.74, 6) is 0.596. The van der Waals surface area contributed by atoms with Crippen molar-refractivity contribution < 1.29 is 4.74 Å². The Morgan fingerprint density at radius 3 is 2.33 bits per heavy atom. The highest BCUT2D eigenvalue weighted by Crippen LogP contribution is 2.26. The number of rotatable bonds is 1. The third-order valence-corrected chi connectivity index (χ3v) is 2.59. The quantitative estimate of drug-likeness (QED) is 0.657. The second-order valence-corrected chi connectivity index (χ2v) is 3.60. The van der Waals surface area contributed by atoms with Crippen LogP contribution in [0.1, 0.15) is 11.1 Å². The summed E-state index contributed by atoms with van der Waals surface area (Å²) in [6, 6.07) is 9.89. The van der Waals surface area contributed by atoms with Crippen LogP contribution in [0.3, 0.4) is 0 Å². The highest BCUT2D eigenvalue weighted by atomic mass is 16.5. The largest absolute Gasteiger partial charge is 0.388 e. The van der Waals surface area contributed by atoms with Gasteiger partial charge in [-0.1, -0.05) is 18.2 Å². The fourth-order valence-electron chi connectivity index (χ4n) is 1.74. The Morgan fingerprint density at radius 2 is 1.67 bits per heavy atom. The van der Waals surface area contributed by atoms with Crippen molar-refractivity contribution in [2.75, 3.05) is 0 Å². The molecule has 2 aromatic rings. The van der Waals surface area contributed by atoms with Gasteiger partial charge in [-0.05, 0) is 47.9 Å². The smallest absolute Gasteiger partial charge is 0.292 e. The van der Waals surface area contributed by atoms with Gasteiger partial charge in [0.05, 0.1) is 0 Å². The molecule has 2 heteroatoms. The van der Waals surface area contributed by atoms with Gasteiger partial charge in [0.1, 0.15) is 5.75 Å². The van der Waals surface area contributed by atoms with E-state index >= 15 is 0 Å². The zero-order valence-electron chi connectivity index (χ0n) is 8.74. The number of fused-ring (bicyclic) bond motifs is 1. The predicted octanol–water partition coefficient (Wildman–Crippen LogP) is 3.32. The molecule has 0 bridgehead atoms. The minimum atomic E-state index is 0.596. The molecule has 0 unspecified atom stereocenters. The van der Waals surface area contributed by atoms with Gasteiger partial charge < -0.3 is 4.74 Å². The average molecular weight is 197 g/mol. The summed E-state index contributed by atoms with van der Waals surface area (Å²) in [6.45, 7) is 4.13. The van der Waals surface area contributed by atoms with E-state index in [9.17, 15) is 0 Å². The molecule has 2 nitrogen and oxygen atoms in total. The van der Waals surface area contributed by atoms with Gasteiger partial charge in [0, 0.05) is 0 Å². The Balaban J connectivity index is 2.71. The first-order chi connectivity index (χ1) is 7.22. The van der Waals surface area contributed by atoms with E-state index in [1.165, 1.54) is 16.5 Å². The number of hydrogen-bond donors (Lipinski definition) is 0. The number of aryl methyl sites for hydroxylation is 2. The van der Waals surface area contributed by atoms with E-state index in [-0.39, 0.29) is 0 Å². The standard InChI is InChI=1S/C13H11NO/c1-9-3-4-10(2)13-7-11(15-8-14)5-6-12(9)13/h3-7H,1-2H3. The van der Waals surface area contributed by atoms with Crippen LogP contribution in [0.25, 0.3) is 10.8 Å². The van der Waals surface area contributed by atoms with E-state index in [1.54, 1.807) is 6.26 Å². The van der Waals surface area contributed by atoms with Crippen molar-refractivity contribution in [2.45, 2.75) is 13.8 Å². The van der Waals surface area contributed by atoms with Gasteiger partial charge in [0.25, 0.3) is 6.26 Å². The second-order valence-electron chi connectivity index (χ2n) is 3.60. The topological polar surface area (TPSA) is 33.0 Å². The highest BCUT2D eigenvalue weighted by Gasteiger charge is 2.02. The van der Waals surface area contributed by atoms with Gasteiger partial charge in [0.2, 0.25) is 0 Å². The molecule has 2 rings (SSSR count). The van der Waals surface area contributed by atoms with E-state index in [4.69, 9.17) is 10.00 Å². The van der Waals surface area contributed by atoms with Crippen molar-refractivity contribution in [2.24, 2.45) is 0 Å². The van der Waals surface area contributed by atoms with Gasteiger partial charge in [-0.2, -0.15) is 0 Å². The van der Waals surface area contributed by atoms with Crippen LogP contribution in [-0.4, -0.2) is 0 Å². The third kappa shape index (κ3) is 1.64. The third-order valence-electron chi connectivity index (χ3n) is 2.59. The Labute approximate surface area is 88.7 Å². The van der Waals surface area contributed by atoms with Gasteiger partial charge in [-0.3, -0.25) is 0 Å². The van der Waals surface area contributed by atoms with Crippen molar-refractivity contribution in [3.63, 3.8) is 0 Å². The van der Waals surface area contributed by atoms with Crippen LogP contribution in [-0.2, 0) is 0 Å². The molecule has 0 fully saturated rings. The summed E-state index contributed by atoms with van der Waals surface area (Å²) in [5.41, 5.74) is 2.43. The monoisotopic (exact) mass is 197 g/mol.